The maximum atomic E-state index is 6.05. The minimum Gasteiger partial charge on any atom is -0.382 e. The van der Waals surface area contributed by atoms with Gasteiger partial charge < -0.3 is 11.1 Å². The molecule has 17 heavy (non-hydrogen) atoms. The van der Waals surface area contributed by atoms with Gasteiger partial charge in [-0.3, -0.25) is 4.68 Å². The van der Waals surface area contributed by atoms with Crippen LogP contribution in [0.2, 0.25) is 0 Å². The van der Waals surface area contributed by atoms with Gasteiger partial charge in [0.2, 0.25) is 0 Å². The number of hydrogen-bond donors (Lipinski definition) is 2. The van der Waals surface area contributed by atoms with E-state index in [1.807, 2.05) is 0 Å². The van der Waals surface area contributed by atoms with E-state index in [1.54, 1.807) is 0 Å². The molecule has 1 fully saturated rings. The van der Waals surface area contributed by atoms with Crippen molar-refractivity contribution >= 4 is 5.82 Å². The topological polar surface area (TPSA) is 55.9 Å². The second-order valence-electron chi connectivity index (χ2n) is 5.33. The lowest BCUT2D eigenvalue weighted by molar-refractivity contribution is 0.386. The second kappa shape index (κ2) is 4.69. The average Bonchev–Trinajstić information content (AvgIpc) is 2.57. The van der Waals surface area contributed by atoms with Crippen molar-refractivity contribution < 1.29 is 0 Å². The van der Waals surface area contributed by atoms with Gasteiger partial charge in [0.15, 0.2) is 0 Å². The molecular weight excluding hydrogens is 212 g/mol. The van der Waals surface area contributed by atoms with Gasteiger partial charge >= 0.3 is 0 Å². The Bertz CT molecular complexity index is 388. The number of nitrogens with zero attached hydrogens (tertiary/aromatic N) is 2. The number of anilines is 1. The van der Waals surface area contributed by atoms with E-state index in [0.717, 1.165) is 25.3 Å². The van der Waals surface area contributed by atoms with Crippen LogP contribution in [0.25, 0.3) is 0 Å². The summed E-state index contributed by atoms with van der Waals surface area (Å²) in [6.45, 7) is 1.98. The van der Waals surface area contributed by atoms with Crippen LogP contribution in [0.3, 0.4) is 0 Å². The summed E-state index contributed by atoms with van der Waals surface area (Å²) in [5, 5.41) is 8.05. The molecule has 0 aromatic carbocycles. The van der Waals surface area contributed by atoms with E-state index in [2.05, 4.69) is 15.1 Å². The van der Waals surface area contributed by atoms with Crippen LogP contribution >= 0.6 is 0 Å². The van der Waals surface area contributed by atoms with Gasteiger partial charge in [0.25, 0.3) is 0 Å². The predicted octanol–water partition coefficient (Wildman–Crippen LogP) is 2.01. The molecule has 3 N–H and O–H groups in total. The lowest BCUT2D eigenvalue weighted by Crippen LogP contribution is -2.26. The lowest BCUT2D eigenvalue weighted by Gasteiger charge is -2.21. The van der Waals surface area contributed by atoms with Crippen LogP contribution in [-0.2, 0) is 13.0 Å². The predicted molar refractivity (Wildman–Crippen MR) is 68.8 cm³/mol. The summed E-state index contributed by atoms with van der Waals surface area (Å²) in [5.74, 6) is 0.769. The van der Waals surface area contributed by atoms with E-state index in [1.165, 1.54) is 49.8 Å². The van der Waals surface area contributed by atoms with Crippen molar-refractivity contribution in [2.45, 2.75) is 57.5 Å². The Labute approximate surface area is 103 Å². The van der Waals surface area contributed by atoms with E-state index in [-0.39, 0.29) is 0 Å². The molecule has 0 amide bonds. The molecule has 0 saturated heterocycles. The monoisotopic (exact) mass is 234 g/mol. The van der Waals surface area contributed by atoms with Crippen LogP contribution in [0, 0.1) is 0 Å². The zero-order chi connectivity index (χ0) is 11.7. The summed E-state index contributed by atoms with van der Waals surface area (Å²) >= 11 is 0. The second-order valence-corrected chi connectivity index (χ2v) is 5.33. The first-order valence-electron chi connectivity index (χ1n) is 6.92. The number of nitrogen functional groups attached to an aromatic ring is 1. The SMILES string of the molecule is Nc1nn(C2CCCCCC2)c2c1CCNC2. The molecule has 4 nitrogen and oxygen atoms in total. The number of nitrogens with two attached hydrogens (primary N) is 1. The summed E-state index contributed by atoms with van der Waals surface area (Å²) in [7, 11) is 0. The van der Waals surface area contributed by atoms with Gasteiger partial charge in [-0.05, 0) is 25.8 Å². The van der Waals surface area contributed by atoms with Gasteiger partial charge in [-0.25, -0.2) is 0 Å². The van der Waals surface area contributed by atoms with Gasteiger partial charge in [-0.15, -0.1) is 0 Å². The molecule has 2 aliphatic rings. The smallest absolute Gasteiger partial charge is 0.149 e. The van der Waals surface area contributed by atoms with E-state index in [4.69, 9.17) is 5.73 Å². The summed E-state index contributed by atoms with van der Waals surface area (Å²) in [6.07, 6.45) is 9.02. The van der Waals surface area contributed by atoms with E-state index < -0.39 is 0 Å². The third kappa shape index (κ3) is 2.06. The highest BCUT2D eigenvalue weighted by molar-refractivity contribution is 5.44. The quantitative estimate of drug-likeness (QED) is 0.731. The van der Waals surface area contributed by atoms with Crippen molar-refractivity contribution in [3.63, 3.8) is 0 Å². The average molecular weight is 234 g/mol. The zero-order valence-electron chi connectivity index (χ0n) is 10.4. The molecule has 1 saturated carbocycles. The minimum absolute atomic E-state index is 0.587. The fourth-order valence-corrected chi connectivity index (χ4v) is 3.21. The van der Waals surface area contributed by atoms with E-state index >= 15 is 0 Å². The molecule has 2 heterocycles. The van der Waals surface area contributed by atoms with Crippen LogP contribution in [-0.4, -0.2) is 16.3 Å². The summed E-state index contributed by atoms with van der Waals surface area (Å²) < 4.78 is 2.24. The molecule has 0 bridgehead atoms. The Morgan fingerprint density at radius 2 is 1.94 bits per heavy atom. The molecule has 3 rings (SSSR count). The van der Waals surface area contributed by atoms with Crippen LogP contribution in [0.5, 0.6) is 0 Å². The molecule has 1 aliphatic heterocycles. The largest absolute Gasteiger partial charge is 0.382 e. The zero-order valence-corrected chi connectivity index (χ0v) is 10.4. The number of nitrogens with one attached hydrogen (secondary N) is 1. The maximum Gasteiger partial charge on any atom is 0.149 e. The Kier molecular flexibility index (Phi) is 3.05. The molecule has 1 aromatic heterocycles. The molecule has 0 atom stereocenters. The van der Waals surface area contributed by atoms with Crippen LogP contribution in [0.1, 0.15) is 55.8 Å². The molecule has 0 spiro atoms. The molecule has 94 valence electrons. The lowest BCUT2D eigenvalue weighted by atomic mass is 10.1. The van der Waals surface area contributed by atoms with Gasteiger partial charge in [-0.1, -0.05) is 25.7 Å². The highest BCUT2D eigenvalue weighted by Gasteiger charge is 2.24. The first-order chi connectivity index (χ1) is 8.36. The van der Waals surface area contributed by atoms with Crippen molar-refractivity contribution in [1.82, 2.24) is 15.1 Å². The molecule has 1 aliphatic carbocycles. The number of rotatable bonds is 1. The molecular formula is C13H22N4. The fraction of sp³-hybridized carbons (Fsp3) is 0.769. The normalized spacial score (nSPS) is 22.1. The van der Waals surface area contributed by atoms with Gasteiger partial charge in [-0.2, -0.15) is 5.10 Å². The van der Waals surface area contributed by atoms with Crippen molar-refractivity contribution in [3.8, 4) is 0 Å². The Balaban J connectivity index is 1.91. The van der Waals surface area contributed by atoms with E-state index in [9.17, 15) is 0 Å². The first kappa shape index (κ1) is 11.1. The molecule has 0 unspecified atom stereocenters. The standard InChI is InChI=1S/C13H22N4/c14-13-11-7-8-15-9-12(11)17(16-13)10-5-3-1-2-4-6-10/h10,15H,1-9H2,(H2,14,16). The highest BCUT2D eigenvalue weighted by atomic mass is 15.3. The highest BCUT2D eigenvalue weighted by Crippen LogP contribution is 2.31. The number of aromatic nitrogens is 2. The van der Waals surface area contributed by atoms with Crippen LogP contribution < -0.4 is 11.1 Å². The Hall–Kier alpha value is -1.03. The van der Waals surface area contributed by atoms with Crippen molar-refractivity contribution in [3.05, 3.63) is 11.3 Å². The third-order valence-corrected chi connectivity index (χ3v) is 4.16. The Morgan fingerprint density at radius 1 is 1.18 bits per heavy atom. The maximum absolute atomic E-state index is 6.05. The van der Waals surface area contributed by atoms with Crippen LogP contribution in [0.15, 0.2) is 0 Å². The van der Waals surface area contributed by atoms with Crippen molar-refractivity contribution in [2.24, 2.45) is 0 Å². The fourth-order valence-electron chi connectivity index (χ4n) is 3.21. The van der Waals surface area contributed by atoms with Crippen molar-refractivity contribution in [2.75, 3.05) is 12.3 Å². The summed E-state index contributed by atoms with van der Waals surface area (Å²) in [6, 6.07) is 0.587. The van der Waals surface area contributed by atoms with Gasteiger partial charge in [0.1, 0.15) is 5.82 Å². The summed E-state index contributed by atoms with van der Waals surface area (Å²) in [4.78, 5) is 0. The molecule has 0 radical (unpaired) electrons. The van der Waals surface area contributed by atoms with E-state index in [0.29, 0.717) is 6.04 Å². The summed E-state index contributed by atoms with van der Waals surface area (Å²) in [5.41, 5.74) is 8.70. The first-order valence-corrected chi connectivity index (χ1v) is 6.92. The Morgan fingerprint density at radius 3 is 2.71 bits per heavy atom. The van der Waals surface area contributed by atoms with Crippen molar-refractivity contribution in [1.29, 1.82) is 0 Å². The molecule has 1 aromatic rings. The van der Waals surface area contributed by atoms with Gasteiger partial charge in [0.05, 0.1) is 11.7 Å². The minimum atomic E-state index is 0.587. The number of hydrogen-bond acceptors (Lipinski definition) is 3. The van der Waals surface area contributed by atoms with Crippen LogP contribution in [0.4, 0.5) is 5.82 Å². The number of fused-ring (bicyclic) bond motifs is 1. The molecule has 4 heteroatoms. The third-order valence-electron chi connectivity index (χ3n) is 4.16. The van der Waals surface area contributed by atoms with Gasteiger partial charge in [0, 0.05) is 12.1 Å².